The lowest BCUT2D eigenvalue weighted by Gasteiger charge is -2.26. The van der Waals surface area contributed by atoms with Crippen molar-refractivity contribution in [1.29, 1.82) is 0 Å². The third kappa shape index (κ3) is 2.97. The van der Waals surface area contributed by atoms with Crippen LogP contribution in [0.4, 0.5) is 15.8 Å². The maximum Gasteiger partial charge on any atom is 0.264 e. The summed E-state index contributed by atoms with van der Waals surface area (Å²) in [5.74, 6) is -0.203. The summed E-state index contributed by atoms with van der Waals surface area (Å²) in [6.07, 6.45) is 2.97. The van der Waals surface area contributed by atoms with E-state index < -0.39 is 0 Å². The number of imidazole rings is 1. The van der Waals surface area contributed by atoms with E-state index in [1.54, 1.807) is 37.5 Å². The van der Waals surface area contributed by atoms with Gasteiger partial charge in [0.25, 0.3) is 5.91 Å². The number of carbonyl (C=O) groups excluding carboxylic acids is 2. The fourth-order valence-corrected chi connectivity index (χ4v) is 2.82. The molecule has 2 aromatic heterocycles. The fourth-order valence-electron chi connectivity index (χ4n) is 2.82. The van der Waals surface area contributed by atoms with E-state index in [9.17, 15) is 14.0 Å². The molecule has 0 saturated carbocycles. The molecule has 4 rings (SSSR count). The lowest BCUT2D eigenvalue weighted by molar-refractivity contribution is -0.121. The van der Waals surface area contributed by atoms with E-state index in [0.29, 0.717) is 28.5 Å². The summed E-state index contributed by atoms with van der Waals surface area (Å²) in [5, 5.41) is 2.78. The number of likely N-dealkylation sites (N-methyl/N-ethyl adjacent to an activating group) is 1. The molecule has 132 valence electrons. The van der Waals surface area contributed by atoms with E-state index in [1.165, 1.54) is 21.6 Å². The van der Waals surface area contributed by atoms with Crippen LogP contribution in [0.2, 0.25) is 0 Å². The normalized spacial score (nSPS) is 13.5. The number of rotatable bonds is 3. The molecule has 0 saturated heterocycles. The number of halogens is 1. The van der Waals surface area contributed by atoms with Crippen LogP contribution in [-0.4, -0.2) is 34.9 Å². The summed E-state index contributed by atoms with van der Waals surface area (Å²) in [7, 11) is 1.66. The predicted octanol–water partition coefficient (Wildman–Crippen LogP) is 2.01. The summed E-state index contributed by atoms with van der Waals surface area (Å²) >= 11 is 0. The highest BCUT2D eigenvalue weighted by Gasteiger charge is 2.22. The second kappa shape index (κ2) is 6.14. The minimum atomic E-state index is -0.374. The number of nitrogens with zero attached hydrogens (tertiary/aromatic N) is 3. The van der Waals surface area contributed by atoms with Gasteiger partial charge in [-0.3, -0.25) is 9.59 Å². The number of aromatic nitrogens is 2. The van der Waals surface area contributed by atoms with E-state index >= 15 is 0 Å². The minimum Gasteiger partial charge on any atom is -0.482 e. The molecule has 3 heterocycles. The first-order valence-corrected chi connectivity index (χ1v) is 7.96. The first-order valence-electron chi connectivity index (χ1n) is 7.96. The van der Waals surface area contributed by atoms with Crippen molar-refractivity contribution in [1.82, 2.24) is 9.38 Å². The average molecular weight is 354 g/mol. The van der Waals surface area contributed by atoms with Crippen molar-refractivity contribution in [3.05, 3.63) is 54.2 Å². The number of amides is 2. The van der Waals surface area contributed by atoms with Gasteiger partial charge in [0, 0.05) is 25.1 Å². The third-order valence-electron chi connectivity index (χ3n) is 4.14. The van der Waals surface area contributed by atoms with Gasteiger partial charge < -0.3 is 19.4 Å². The highest BCUT2D eigenvalue weighted by atomic mass is 19.1. The molecule has 1 aliphatic rings. The van der Waals surface area contributed by atoms with E-state index in [1.807, 2.05) is 0 Å². The lowest BCUT2D eigenvalue weighted by atomic mass is 10.2. The molecule has 0 aliphatic carbocycles. The molecule has 0 bridgehead atoms. The highest BCUT2D eigenvalue weighted by molar-refractivity contribution is 5.99. The molecule has 3 aromatic rings. The summed E-state index contributed by atoms with van der Waals surface area (Å²) in [5.41, 5.74) is 2.25. The zero-order valence-electron chi connectivity index (χ0n) is 13.9. The SMILES string of the molecule is CN1C(=O)COc2ccc(NC(=O)Cc3cn4cc(F)ccc4n3)cc21. The van der Waals surface area contributed by atoms with Gasteiger partial charge in [0.1, 0.15) is 17.2 Å². The van der Waals surface area contributed by atoms with E-state index in [0.717, 1.165) is 0 Å². The maximum atomic E-state index is 13.2. The molecule has 0 radical (unpaired) electrons. The molecule has 7 nitrogen and oxygen atoms in total. The number of fused-ring (bicyclic) bond motifs is 2. The van der Waals surface area contributed by atoms with E-state index in [2.05, 4.69) is 10.3 Å². The molecule has 0 spiro atoms. The minimum absolute atomic E-state index is 0.00366. The predicted molar refractivity (Wildman–Crippen MR) is 92.8 cm³/mol. The van der Waals surface area contributed by atoms with Crippen LogP contribution in [0.1, 0.15) is 5.69 Å². The van der Waals surface area contributed by atoms with Crippen LogP contribution in [0, 0.1) is 5.82 Å². The van der Waals surface area contributed by atoms with Crippen molar-refractivity contribution in [2.24, 2.45) is 0 Å². The van der Waals surface area contributed by atoms with Gasteiger partial charge in [-0.15, -0.1) is 0 Å². The Morgan fingerprint density at radius 3 is 3.00 bits per heavy atom. The van der Waals surface area contributed by atoms with Gasteiger partial charge >= 0.3 is 0 Å². The quantitative estimate of drug-likeness (QED) is 0.781. The van der Waals surface area contributed by atoms with Crippen LogP contribution in [-0.2, 0) is 16.0 Å². The Kier molecular flexibility index (Phi) is 3.80. The molecular formula is C18H15FN4O3. The number of nitrogens with one attached hydrogen (secondary N) is 1. The molecule has 26 heavy (non-hydrogen) atoms. The van der Waals surface area contributed by atoms with Gasteiger partial charge in [-0.2, -0.15) is 0 Å². The second-order valence-corrected chi connectivity index (χ2v) is 5.99. The Bertz CT molecular complexity index is 1030. The number of hydrogen-bond donors (Lipinski definition) is 1. The number of anilines is 2. The summed E-state index contributed by atoms with van der Waals surface area (Å²) < 4.78 is 20.1. The van der Waals surface area contributed by atoms with Crippen LogP contribution >= 0.6 is 0 Å². The number of ether oxygens (including phenoxy) is 1. The topological polar surface area (TPSA) is 75.9 Å². The van der Waals surface area contributed by atoms with Crippen LogP contribution in [0.3, 0.4) is 0 Å². The maximum absolute atomic E-state index is 13.2. The molecule has 8 heteroatoms. The number of carbonyl (C=O) groups is 2. The second-order valence-electron chi connectivity index (χ2n) is 5.99. The molecule has 1 aromatic carbocycles. The van der Waals surface area contributed by atoms with Gasteiger partial charge in [0.2, 0.25) is 5.91 Å². The lowest BCUT2D eigenvalue weighted by Crippen LogP contribution is -2.35. The van der Waals surface area contributed by atoms with Crippen LogP contribution in [0.5, 0.6) is 5.75 Å². The Labute approximate surface area is 148 Å². The largest absolute Gasteiger partial charge is 0.482 e. The fraction of sp³-hybridized carbons (Fsp3) is 0.167. The zero-order valence-corrected chi connectivity index (χ0v) is 13.9. The Hall–Kier alpha value is -3.42. The summed E-state index contributed by atoms with van der Waals surface area (Å²) in [6.45, 7) is 0.00366. The monoisotopic (exact) mass is 354 g/mol. The van der Waals surface area contributed by atoms with Crippen molar-refractivity contribution in [3.63, 3.8) is 0 Å². The number of benzene rings is 1. The molecule has 1 N–H and O–H groups in total. The van der Waals surface area contributed by atoms with Gasteiger partial charge in [0.05, 0.1) is 17.8 Å². The van der Waals surface area contributed by atoms with Crippen molar-refractivity contribution in [3.8, 4) is 5.75 Å². The van der Waals surface area contributed by atoms with Crippen LogP contribution < -0.4 is 15.0 Å². The summed E-state index contributed by atoms with van der Waals surface area (Å²) in [4.78, 5) is 29.8. The van der Waals surface area contributed by atoms with Crippen LogP contribution in [0.25, 0.3) is 5.65 Å². The third-order valence-corrected chi connectivity index (χ3v) is 4.14. The molecule has 2 amide bonds. The van der Waals surface area contributed by atoms with Gasteiger partial charge in [-0.1, -0.05) is 0 Å². The van der Waals surface area contributed by atoms with E-state index in [-0.39, 0.29) is 30.7 Å². The molecule has 0 unspecified atom stereocenters. The molecular weight excluding hydrogens is 339 g/mol. The standard InChI is InChI=1S/C18H15FN4O3/c1-22-14-6-12(3-4-15(14)26-10-18(22)25)21-17(24)7-13-9-23-8-11(19)2-5-16(23)20-13/h2-6,8-9H,7,10H2,1H3,(H,21,24). The van der Waals surface area contributed by atoms with Crippen LogP contribution in [0.15, 0.2) is 42.7 Å². The Balaban J connectivity index is 1.50. The van der Waals surface area contributed by atoms with E-state index in [4.69, 9.17) is 4.74 Å². The molecule has 0 fully saturated rings. The van der Waals surface area contributed by atoms with Gasteiger partial charge in [-0.25, -0.2) is 9.37 Å². The van der Waals surface area contributed by atoms with Crippen molar-refractivity contribution >= 4 is 28.8 Å². The summed E-state index contributed by atoms with van der Waals surface area (Å²) in [6, 6.07) is 7.97. The molecule has 0 atom stereocenters. The molecule has 1 aliphatic heterocycles. The smallest absolute Gasteiger partial charge is 0.264 e. The van der Waals surface area contributed by atoms with Crippen molar-refractivity contribution in [2.75, 3.05) is 23.9 Å². The Morgan fingerprint density at radius 2 is 2.15 bits per heavy atom. The van der Waals surface area contributed by atoms with Crippen molar-refractivity contribution < 1.29 is 18.7 Å². The number of pyridine rings is 1. The average Bonchev–Trinajstić information content (AvgIpc) is 2.99. The first kappa shape index (κ1) is 16.1. The number of hydrogen-bond acceptors (Lipinski definition) is 4. The zero-order chi connectivity index (χ0) is 18.3. The van der Waals surface area contributed by atoms with Crippen molar-refractivity contribution in [2.45, 2.75) is 6.42 Å². The first-order chi connectivity index (χ1) is 12.5. The van der Waals surface area contributed by atoms with Gasteiger partial charge in [0.15, 0.2) is 6.61 Å². The highest BCUT2D eigenvalue weighted by Crippen LogP contribution is 2.33. The Morgan fingerprint density at radius 1 is 1.31 bits per heavy atom. The van der Waals surface area contributed by atoms with Gasteiger partial charge in [-0.05, 0) is 30.3 Å².